The van der Waals surface area contributed by atoms with Gasteiger partial charge in [0.05, 0.1) is 10.3 Å². The summed E-state index contributed by atoms with van der Waals surface area (Å²) >= 11 is 6.94. The Hall–Kier alpha value is -0.360. The first-order valence-corrected chi connectivity index (χ1v) is 4.64. The summed E-state index contributed by atoms with van der Waals surface area (Å²) in [4.78, 5) is 4.44. The van der Waals surface area contributed by atoms with Gasteiger partial charge in [-0.3, -0.25) is 0 Å². The van der Waals surface area contributed by atoms with Crippen molar-refractivity contribution < 1.29 is 5.11 Å². The molecule has 2 atom stereocenters. The Bertz CT molecular complexity index is 255. The average Bonchev–Trinajstić information content (AvgIpc) is 2.49. The van der Waals surface area contributed by atoms with Crippen molar-refractivity contribution in [2.75, 3.05) is 12.3 Å². The first kappa shape index (κ1) is 9.73. The van der Waals surface area contributed by atoms with Crippen molar-refractivity contribution in [3.05, 3.63) is 11.1 Å². The molecule has 0 unspecified atom stereocenters. The summed E-state index contributed by atoms with van der Waals surface area (Å²) in [5.74, 6) is 0. The van der Waals surface area contributed by atoms with Gasteiger partial charge in [-0.25, -0.2) is 4.98 Å². The number of aliphatic hydroxyl groups is 1. The predicted molar refractivity (Wildman–Crippen MR) is 50.2 cm³/mol. The van der Waals surface area contributed by atoms with Crippen molar-refractivity contribution in [3.8, 4) is 0 Å². The molecule has 0 saturated carbocycles. The summed E-state index contributed by atoms with van der Waals surface area (Å²) in [6.45, 7) is 0.223. The zero-order valence-electron chi connectivity index (χ0n) is 6.27. The Labute approximate surface area is 79.2 Å². The standard InChI is InChI=1S/C6H10ClN3OS/c7-3(1-8)5(11)4-2-10-6(9)12-4/h2-3,5,11H,1,8H2,(H2,9,10)/t3-,5+/m0/s1. The number of aromatic nitrogens is 1. The van der Waals surface area contributed by atoms with Crippen LogP contribution < -0.4 is 11.5 Å². The topological polar surface area (TPSA) is 85.2 Å². The first-order valence-electron chi connectivity index (χ1n) is 3.38. The molecule has 4 nitrogen and oxygen atoms in total. The molecule has 0 amide bonds. The van der Waals surface area contributed by atoms with E-state index in [9.17, 15) is 5.11 Å². The maximum absolute atomic E-state index is 9.51. The fraction of sp³-hybridized carbons (Fsp3) is 0.500. The van der Waals surface area contributed by atoms with Crippen LogP contribution in [0.1, 0.15) is 11.0 Å². The van der Waals surface area contributed by atoms with Crippen LogP contribution in [0.2, 0.25) is 0 Å². The SMILES string of the molecule is NC[C@H](Cl)[C@@H](O)c1cnc(N)s1. The maximum Gasteiger partial charge on any atom is 0.180 e. The van der Waals surface area contributed by atoms with Crippen molar-refractivity contribution >= 4 is 28.1 Å². The van der Waals surface area contributed by atoms with Crippen LogP contribution in [0.4, 0.5) is 5.13 Å². The van der Waals surface area contributed by atoms with E-state index in [0.29, 0.717) is 10.0 Å². The normalized spacial score (nSPS) is 15.9. The van der Waals surface area contributed by atoms with E-state index >= 15 is 0 Å². The van der Waals surface area contributed by atoms with Crippen LogP contribution in [0.5, 0.6) is 0 Å². The molecule has 0 saturated heterocycles. The summed E-state index contributed by atoms with van der Waals surface area (Å²) < 4.78 is 0. The van der Waals surface area contributed by atoms with Gasteiger partial charge in [-0.05, 0) is 0 Å². The van der Waals surface area contributed by atoms with Gasteiger partial charge in [-0.15, -0.1) is 11.6 Å². The molecule has 0 bridgehead atoms. The summed E-state index contributed by atoms with van der Waals surface area (Å²) in [5, 5.41) is 9.44. The molecule has 0 aliphatic heterocycles. The molecule has 0 fully saturated rings. The molecule has 1 heterocycles. The molecule has 6 heteroatoms. The largest absolute Gasteiger partial charge is 0.386 e. The molecule has 0 aliphatic carbocycles. The Morgan fingerprint density at radius 3 is 2.83 bits per heavy atom. The van der Waals surface area contributed by atoms with E-state index in [2.05, 4.69) is 4.98 Å². The van der Waals surface area contributed by atoms with Crippen LogP contribution in [0.15, 0.2) is 6.20 Å². The molecule has 5 N–H and O–H groups in total. The van der Waals surface area contributed by atoms with Gasteiger partial charge in [0, 0.05) is 12.7 Å². The van der Waals surface area contributed by atoms with Gasteiger partial charge in [0.15, 0.2) is 5.13 Å². The van der Waals surface area contributed by atoms with Crippen molar-refractivity contribution in [3.63, 3.8) is 0 Å². The lowest BCUT2D eigenvalue weighted by Gasteiger charge is -2.11. The van der Waals surface area contributed by atoms with E-state index in [1.165, 1.54) is 17.5 Å². The van der Waals surface area contributed by atoms with Crippen LogP contribution in [-0.4, -0.2) is 22.0 Å². The second kappa shape index (κ2) is 4.04. The lowest BCUT2D eigenvalue weighted by Crippen LogP contribution is -2.21. The number of alkyl halides is 1. The van der Waals surface area contributed by atoms with Crippen molar-refractivity contribution in [2.45, 2.75) is 11.5 Å². The number of anilines is 1. The van der Waals surface area contributed by atoms with E-state index in [-0.39, 0.29) is 6.54 Å². The lowest BCUT2D eigenvalue weighted by atomic mass is 10.2. The zero-order chi connectivity index (χ0) is 9.14. The molecule has 0 radical (unpaired) electrons. The number of rotatable bonds is 3. The number of thiazole rings is 1. The molecule has 1 aromatic rings. The van der Waals surface area contributed by atoms with E-state index in [4.69, 9.17) is 23.1 Å². The highest BCUT2D eigenvalue weighted by Crippen LogP contribution is 2.26. The molecule has 1 rings (SSSR count). The molecule has 12 heavy (non-hydrogen) atoms. The number of nitrogens with two attached hydrogens (primary N) is 2. The third kappa shape index (κ3) is 2.07. The summed E-state index contributed by atoms with van der Waals surface area (Å²) in [7, 11) is 0. The Morgan fingerprint density at radius 2 is 2.42 bits per heavy atom. The van der Waals surface area contributed by atoms with Gasteiger partial charge in [0.25, 0.3) is 0 Å². The molecule has 0 aromatic carbocycles. The molecular formula is C6H10ClN3OS. The summed E-state index contributed by atoms with van der Waals surface area (Å²) in [6, 6.07) is 0. The van der Waals surface area contributed by atoms with E-state index in [1.807, 2.05) is 0 Å². The molecule has 0 aliphatic rings. The van der Waals surface area contributed by atoms with Gasteiger partial charge < -0.3 is 16.6 Å². The molecule has 68 valence electrons. The highest BCUT2D eigenvalue weighted by atomic mass is 35.5. The lowest BCUT2D eigenvalue weighted by molar-refractivity contribution is 0.177. The van der Waals surface area contributed by atoms with Gasteiger partial charge >= 0.3 is 0 Å². The van der Waals surface area contributed by atoms with Gasteiger partial charge in [-0.1, -0.05) is 11.3 Å². The molecule has 0 spiro atoms. The number of halogens is 1. The molecular weight excluding hydrogens is 198 g/mol. The van der Waals surface area contributed by atoms with Crippen LogP contribution in [0.25, 0.3) is 0 Å². The van der Waals surface area contributed by atoms with Crippen LogP contribution in [-0.2, 0) is 0 Å². The Morgan fingerprint density at radius 1 is 1.75 bits per heavy atom. The van der Waals surface area contributed by atoms with Crippen LogP contribution in [0, 0.1) is 0 Å². The second-order valence-electron chi connectivity index (χ2n) is 2.30. The van der Waals surface area contributed by atoms with Crippen LogP contribution >= 0.6 is 22.9 Å². The number of hydrogen-bond donors (Lipinski definition) is 3. The Kier molecular flexibility index (Phi) is 3.28. The monoisotopic (exact) mass is 207 g/mol. The summed E-state index contributed by atoms with van der Waals surface area (Å²) in [6.07, 6.45) is 0.738. The van der Waals surface area contributed by atoms with E-state index < -0.39 is 11.5 Å². The minimum absolute atomic E-state index is 0.223. The summed E-state index contributed by atoms with van der Waals surface area (Å²) in [5.41, 5.74) is 10.7. The molecule has 1 aromatic heterocycles. The van der Waals surface area contributed by atoms with Crippen molar-refractivity contribution in [1.82, 2.24) is 4.98 Å². The first-order chi connectivity index (χ1) is 5.65. The third-order valence-electron chi connectivity index (χ3n) is 1.40. The highest BCUT2D eigenvalue weighted by Gasteiger charge is 2.18. The average molecular weight is 208 g/mol. The van der Waals surface area contributed by atoms with Crippen LogP contribution in [0.3, 0.4) is 0 Å². The highest BCUT2D eigenvalue weighted by molar-refractivity contribution is 7.15. The van der Waals surface area contributed by atoms with E-state index in [0.717, 1.165) is 0 Å². The predicted octanol–water partition coefficient (Wildman–Crippen LogP) is 0.325. The minimum atomic E-state index is -0.772. The number of nitrogens with zero attached hydrogens (tertiary/aromatic N) is 1. The van der Waals surface area contributed by atoms with E-state index in [1.54, 1.807) is 0 Å². The quantitative estimate of drug-likeness (QED) is 0.624. The van der Waals surface area contributed by atoms with Gasteiger partial charge in [0.2, 0.25) is 0 Å². The second-order valence-corrected chi connectivity index (χ2v) is 3.95. The maximum atomic E-state index is 9.51. The fourth-order valence-electron chi connectivity index (χ4n) is 0.745. The smallest absolute Gasteiger partial charge is 0.180 e. The minimum Gasteiger partial charge on any atom is -0.386 e. The third-order valence-corrected chi connectivity index (χ3v) is 2.71. The zero-order valence-corrected chi connectivity index (χ0v) is 7.85. The van der Waals surface area contributed by atoms with Crippen molar-refractivity contribution in [2.24, 2.45) is 5.73 Å². The number of nitrogen functional groups attached to an aromatic ring is 1. The van der Waals surface area contributed by atoms with Gasteiger partial charge in [0.1, 0.15) is 6.10 Å². The fourth-order valence-corrected chi connectivity index (χ4v) is 1.69. The van der Waals surface area contributed by atoms with Crippen molar-refractivity contribution in [1.29, 1.82) is 0 Å². The Balaban J connectivity index is 2.70. The number of hydrogen-bond acceptors (Lipinski definition) is 5. The number of aliphatic hydroxyl groups excluding tert-OH is 1. The van der Waals surface area contributed by atoms with Gasteiger partial charge in [-0.2, -0.15) is 0 Å².